The molecule has 2 N–H and O–H groups in total. The lowest BCUT2D eigenvalue weighted by atomic mass is 10.1. The molecule has 0 spiro atoms. The molecule has 4 aromatic rings. The van der Waals surface area contributed by atoms with Crippen LogP contribution in [0.4, 0.5) is 15.9 Å². The van der Waals surface area contributed by atoms with Crippen LogP contribution in [0.1, 0.15) is 22.8 Å². The van der Waals surface area contributed by atoms with Crippen LogP contribution in [0.5, 0.6) is 5.75 Å². The summed E-state index contributed by atoms with van der Waals surface area (Å²) in [5.41, 5.74) is 4.27. The van der Waals surface area contributed by atoms with Crippen molar-refractivity contribution in [1.29, 1.82) is 0 Å². The van der Waals surface area contributed by atoms with Crippen molar-refractivity contribution in [2.45, 2.75) is 20.0 Å². The third-order valence-electron chi connectivity index (χ3n) is 6.78. The van der Waals surface area contributed by atoms with E-state index in [0.717, 1.165) is 30.0 Å². The van der Waals surface area contributed by atoms with Gasteiger partial charge in [0, 0.05) is 61.9 Å². The summed E-state index contributed by atoms with van der Waals surface area (Å²) < 4.78 is 21.2. The first-order chi connectivity index (χ1) is 18.3. The number of hydrogen-bond donors (Lipinski definition) is 2. The fourth-order valence-corrected chi connectivity index (χ4v) is 4.84. The van der Waals surface area contributed by atoms with Crippen LogP contribution in [0.3, 0.4) is 0 Å². The number of halogens is 1. The van der Waals surface area contributed by atoms with Crippen molar-refractivity contribution in [2.24, 2.45) is 0 Å². The minimum Gasteiger partial charge on any atom is -0.494 e. The number of aryl methyl sites for hydroxylation is 1. The van der Waals surface area contributed by atoms with Crippen molar-refractivity contribution in [1.82, 2.24) is 24.2 Å². The Morgan fingerprint density at radius 1 is 1.16 bits per heavy atom. The molecule has 2 aromatic carbocycles. The molecular weight excluding hydrogens is 487 g/mol. The maximum atomic E-state index is 14.3. The summed E-state index contributed by atoms with van der Waals surface area (Å²) in [4.78, 5) is 26.2. The molecular formula is C28H31FN6O3. The number of aliphatic hydroxyl groups excluding tert-OH is 1. The number of carbonyl (C=O) groups excluding carboxylic acids is 1. The van der Waals surface area contributed by atoms with E-state index in [2.05, 4.69) is 20.2 Å². The number of fused-ring (bicyclic) bond motifs is 1. The highest BCUT2D eigenvalue weighted by Gasteiger charge is 2.24. The van der Waals surface area contributed by atoms with Crippen LogP contribution >= 0.6 is 0 Å². The van der Waals surface area contributed by atoms with E-state index in [1.807, 2.05) is 34.4 Å². The number of carbonyl (C=O) groups is 1. The number of rotatable bonds is 7. The summed E-state index contributed by atoms with van der Waals surface area (Å²) in [5.74, 6) is 0.289. The van der Waals surface area contributed by atoms with Gasteiger partial charge in [0.05, 0.1) is 25.1 Å². The quantitative estimate of drug-likeness (QED) is 0.385. The lowest BCUT2D eigenvalue weighted by molar-refractivity contribution is 0.0553. The Morgan fingerprint density at radius 3 is 2.63 bits per heavy atom. The Morgan fingerprint density at radius 2 is 1.95 bits per heavy atom. The molecule has 1 amide bonds. The topological polar surface area (TPSA) is 95.2 Å². The lowest BCUT2D eigenvalue weighted by Gasteiger charge is -2.35. The van der Waals surface area contributed by atoms with Gasteiger partial charge in [-0.3, -0.25) is 14.1 Å². The van der Waals surface area contributed by atoms with E-state index in [0.29, 0.717) is 42.2 Å². The van der Waals surface area contributed by atoms with Crippen molar-refractivity contribution < 1.29 is 19.0 Å². The highest BCUT2D eigenvalue weighted by Crippen LogP contribution is 2.29. The zero-order valence-electron chi connectivity index (χ0n) is 21.7. The highest BCUT2D eigenvalue weighted by atomic mass is 19.1. The third-order valence-corrected chi connectivity index (χ3v) is 6.78. The van der Waals surface area contributed by atoms with Crippen molar-refractivity contribution in [3.8, 4) is 17.0 Å². The molecule has 1 saturated heterocycles. The number of aliphatic hydroxyl groups is 1. The van der Waals surface area contributed by atoms with Crippen molar-refractivity contribution in [3.05, 3.63) is 71.9 Å². The van der Waals surface area contributed by atoms with E-state index in [1.54, 1.807) is 37.6 Å². The van der Waals surface area contributed by atoms with Crippen molar-refractivity contribution in [3.63, 3.8) is 0 Å². The normalized spacial score (nSPS) is 15.0. The second-order valence-corrected chi connectivity index (χ2v) is 9.56. The predicted molar refractivity (Wildman–Crippen MR) is 143 cm³/mol. The van der Waals surface area contributed by atoms with Crippen LogP contribution in [0, 0.1) is 12.7 Å². The van der Waals surface area contributed by atoms with Crippen LogP contribution in [0.25, 0.3) is 16.9 Å². The Bertz CT molecular complexity index is 1460. The van der Waals surface area contributed by atoms with E-state index in [4.69, 9.17) is 4.74 Å². The van der Waals surface area contributed by atoms with Gasteiger partial charge in [0.25, 0.3) is 5.91 Å². The Labute approximate surface area is 220 Å². The predicted octanol–water partition coefficient (Wildman–Crippen LogP) is 3.73. The number of anilines is 2. The first kappa shape index (κ1) is 25.6. The molecule has 38 heavy (non-hydrogen) atoms. The molecule has 9 nitrogen and oxygen atoms in total. The molecule has 3 heterocycles. The molecule has 0 aliphatic carbocycles. The Kier molecular flexibility index (Phi) is 7.26. The average Bonchev–Trinajstić information content (AvgIpc) is 3.34. The maximum Gasteiger partial charge on any atom is 0.254 e. The number of nitrogens with one attached hydrogen (secondary N) is 1. The summed E-state index contributed by atoms with van der Waals surface area (Å²) in [7, 11) is 1.43. The third kappa shape index (κ3) is 5.18. The van der Waals surface area contributed by atoms with Crippen LogP contribution < -0.4 is 10.1 Å². The van der Waals surface area contributed by atoms with E-state index >= 15 is 0 Å². The second-order valence-electron chi connectivity index (χ2n) is 9.56. The molecule has 1 atom stereocenters. The number of nitrogens with zero attached hydrogens (tertiary/aromatic N) is 5. The smallest absolute Gasteiger partial charge is 0.254 e. The summed E-state index contributed by atoms with van der Waals surface area (Å²) in [6.07, 6.45) is 4.73. The molecule has 0 radical (unpaired) electrons. The summed E-state index contributed by atoms with van der Waals surface area (Å²) >= 11 is 0. The van der Waals surface area contributed by atoms with Crippen LogP contribution in [-0.2, 0) is 0 Å². The number of methoxy groups -OCH3 is 1. The number of piperazine rings is 1. The van der Waals surface area contributed by atoms with Gasteiger partial charge in [-0.15, -0.1) is 0 Å². The summed E-state index contributed by atoms with van der Waals surface area (Å²) in [6, 6.07) is 10.4. The molecule has 2 aromatic heterocycles. The van der Waals surface area contributed by atoms with Crippen LogP contribution in [0.15, 0.2) is 55.0 Å². The van der Waals surface area contributed by atoms with Gasteiger partial charge in [-0.05, 0) is 55.8 Å². The average molecular weight is 519 g/mol. The Hall–Kier alpha value is -4.02. The van der Waals surface area contributed by atoms with E-state index < -0.39 is 5.82 Å². The van der Waals surface area contributed by atoms with Gasteiger partial charge in [0.2, 0.25) is 0 Å². The molecule has 1 aliphatic rings. The number of β-amino-alcohol motifs (C(OH)–C–C–N with tert-alkyl or cyclic N) is 1. The Balaban J connectivity index is 1.33. The van der Waals surface area contributed by atoms with E-state index in [9.17, 15) is 14.3 Å². The maximum absolute atomic E-state index is 14.3. The minimum absolute atomic E-state index is 0.00981. The fraction of sp³-hybridized carbons (Fsp3) is 0.321. The van der Waals surface area contributed by atoms with E-state index in [1.165, 1.54) is 13.2 Å². The molecule has 0 bridgehead atoms. The number of imidazole rings is 1. The highest BCUT2D eigenvalue weighted by molar-refractivity contribution is 5.96. The molecule has 1 fully saturated rings. The lowest BCUT2D eigenvalue weighted by Crippen LogP contribution is -2.50. The van der Waals surface area contributed by atoms with Gasteiger partial charge in [-0.1, -0.05) is 0 Å². The van der Waals surface area contributed by atoms with Crippen molar-refractivity contribution >= 4 is 23.1 Å². The zero-order chi connectivity index (χ0) is 26.8. The number of amides is 1. The van der Waals surface area contributed by atoms with Crippen LogP contribution in [-0.4, -0.2) is 81.1 Å². The zero-order valence-corrected chi connectivity index (χ0v) is 21.7. The number of ether oxygens (including phenoxy) is 1. The van der Waals surface area contributed by atoms with Gasteiger partial charge >= 0.3 is 0 Å². The number of hydrogen-bond acceptors (Lipinski definition) is 7. The standard InChI is InChI=1S/C28H31FN6O3/c1-18-14-21(5-6-22(18)28(37)34-12-10-33(11-13-34)17-19(2)36)32-26-27-31-16-24(35(27)9-8-30-26)20-4-7-25(38-3)23(29)15-20/h4-9,14-16,19,36H,10-13,17H2,1-3H3,(H,30,32). The fourth-order valence-electron chi connectivity index (χ4n) is 4.84. The van der Waals surface area contributed by atoms with Gasteiger partial charge < -0.3 is 20.1 Å². The molecule has 5 rings (SSSR count). The second kappa shape index (κ2) is 10.8. The van der Waals surface area contributed by atoms with Gasteiger partial charge in [-0.25, -0.2) is 14.4 Å². The van der Waals surface area contributed by atoms with Crippen LogP contribution in [0.2, 0.25) is 0 Å². The molecule has 1 unspecified atom stereocenters. The van der Waals surface area contributed by atoms with Gasteiger partial charge in [-0.2, -0.15) is 0 Å². The minimum atomic E-state index is -0.445. The molecule has 10 heteroatoms. The van der Waals surface area contributed by atoms with Gasteiger partial charge in [0.1, 0.15) is 0 Å². The van der Waals surface area contributed by atoms with Gasteiger partial charge in [0.15, 0.2) is 23.0 Å². The molecule has 1 aliphatic heterocycles. The summed E-state index contributed by atoms with van der Waals surface area (Å²) in [6.45, 7) is 7.09. The molecule has 198 valence electrons. The number of benzene rings is 2. The largest absolute Gasteiger partial charge is 0.494 e. The number of aromatic nitrogens is 3. The van der Waals surface area contributed by atoms with Crippen molar-refractivity contribution in [2.75, 3.05) is 45.2 Å². The monoisotopic (exact) mass is 518 g/mol. The first-order valence-corrected chi connectivity index (χ1v) is 12.6. The SMILES string of the molecule is COc1ccc(-c2cnc3c(Nc4ccc(C(=O)N5CCN(CC(C)O)CC5)c(C)c4)nccn23)cc1F. The first-order valence-electron chi connectivity index (χ1n) is 12.6. The van der Waals surface area contributed by atoms with E-state index in [-0.39, 0.29) is 17.8 Å². The molecule has 0 saturated carbocycles. The summed E-state index contributed by atoms with van der Waals surface area (Å²) in [5, 5.41) is 12.9.